The van der Waals surface area contributed by atoms with E-state index in [1.54, 1.807) is 0 Å². The Kier molecular flexibility index (Phi) is 14.1. The van der Waals surface area contributed by atoms with Crippen LogP contribution in [0.3, 0.4) is 0 Å². The van der Waals surface area contributed by atoms with E-state index in [9.17, 15) is 0 Å². The molecular formula is C36H58IIn. The van der Waals surface area contributed by atoms with Crippen LogP contribution >= 0.6 is 0 Å². The van der Waals surface area contributed by atoms with Crippen molar-refractivity contribution in [1.82, 2.24) is 0 Å². The fourth-order valence-electron chi connectivity index (χ4n) is 3.62. The topological polar surface area (TPSA) is 0 Å². The van der Waals surface area contributed by atoms with Crippen LogP contribution in [0.1, 0.15) is 158 Å². The molecule has 0 aliphatic carbocycles. The van der Waals surface area contributed by atoms with E-state index in [-0.39, 0.29) is 82.3 Å². The van der Waals surface area contributed by atoms with Crippen LogP contribution < -0.4 is 24.0 Å². The van der Waals surface area contributed by atoms with Crippen LogP contribution in [0.5, 0.6) is 0 Å². The van der Waals surface area contributed by atoms with Crippen molar-refractivity contribution in [1.29, 1.82) is 0 Å². The maximum atomic E-state index is 3.64. The zero-order valence-corrected chi connectivity index (χ0v) is 33.7. The zero-order chi connectivity index (χ0) is 28.7. The van der Waals surface area contributed by atoms with E-state index < -0.39 is 0 Å². The molecule has 0 N–H and O–H groups in total. The van der Waals surface area contributed by atoms with Crippen molar-refractivity contribution in [2.45, 2.75) is 157 Å². The quantitative estimate of drug-likeness (QED) is 0.248. The van der Waals surface area contributed by atoms with Crippen molar-refractivity contribution in [2.75, 3.05) is 0 Å². The first-order valence-corrected chi connectivity index (χ1v) is 13.8. The minimum absolute atomic E-state index is 0. The summed E-state index contributed by atoms with van der Waals surface area (Å²) in [5, 5.41) is 0. The molecule has 0 saturated carbocycles. The molecule has 0 unspecified atom stereocenters. The minimum Gasteiger partial charge on any atom is -1.00 e. The summed E-state index contributed by atoms with van der Waals surface area (Å²) in [5.41, 5.74) is 9.10. The van der Waals surface area contributed by atoms with Gasteiger partial charge in [0.15, 0.2) is 0 Å². The molecule has 0 aliphatic heterocycles. The fraction of sp³-hybridized carbons (Fsp3) is 0.667. The monoisotopic (exact) mass is 732 g/mol. The van der Waals surface area contributed by atoms with Gasteiger partial charge >= 0.3 is 25.8 Å². The van der Waals surface area contributed by atoms with E-state index in [1.165, 1.54) is 33.4 Å². The Labute approximate surface area is 274 Å². The third kappa shape index (κ3) is 12.3. The molecule has 212 valence electrons. The van der Waals surface area contributed by atoms with E-state index in [4.69, 9.17) is 0 Å². The van der Waals surface area contributed by atoms with Gasteiger partial charge in [0, 0.05) is 0 Å². The predicted molar refractivity (Wildman–Crippen MR) is 169 cm³/mol. The van der Waals surface area contributed by atoms with Crippen molar-refractivity contribution in [3.63, 3.8) is 0 Å². The Balaban J connectivity index is 0. The molecule has 0 nitrogen and oxygen atoms in total. The van der Waals surface area contributed by atoms with Gasteiger partial charge in [0.2, 0.25) is 0 Å². The van der Waals surface area contributed by atoms with Gasteiger partial charge in [0.1, 0.15) is 0 Å². The van der Waals surface area contributed by atoms with Crippen molar-refractivity contribution >= 4 is 25.8 Å². The Morgan fingerprint density at radius 2 is 0.500 bits per heavy atom. The Hall–Kier alpha value is 0.0401. The molecule has 2 rings (SSSR count). The van der Waals surface area contributed by atoms with Gasteiger partial charge in [-0.3, -0.25) is 0 Å². The summed E-state index contributed by atoms with van der Waals surface area (Å²) in [6.45, 7) is 40.8. The summed E-state index contributed by atoms with van der Waals surface area (Å²) in [6.07, 6.45) is 0. The summed E-state index contributed by atoms with van der Waals surface area (Å²) in [7, 11) is 0. The normalized spacial score (nSPS) is 13.1. The Morgan fingerprint density at radius 3 is 0.605 bits per heavy atom. The second kappa shape index (κ2) is 13.3. The first-order valence-electron chi connectivity index (χ1n) is 13.8. The summed E-state index contributed by atoms with van der Waals surface area (Å²) < 4.78 is 0. The Bertz CT molecular complexity index is 774. The van der Waals surface area contributed by atoms with Crippen LogP contribution in [0.2, 0.25) is 0 Å². The van der Waals surface area contributed by atoms with Gasteiger partial charge in [0.05, 0.1) is 0 Å². The molecular weight excluding hydrogens is 674 g/mol. The summed E-state index contributed by atoms with van der Waals surface area (Å²) in [5.74, 6) is 0. The van der Waals surface area contributed by atoms with Crippen LogP contribution in [-0.4, -0.2) is 25.8 Å². The smallest absolute Gasteiger partial charge is 1.00 e. The molecule has 2 heteroatoms. The summed E-state index contributed by atoms with van der Waals surface area (Å²) >= 11 is 0. The van der Waals surface area contributed by atoms with Gasteiger partial charge in [-0.2, -0.15) is 0 Å². The average Bonchev–Trinajstić information content (AvgIpc) is 2.63. The first-order chi connectivity index (χ1) is 15.6. The van der Waals surface area contributed by atoms with Crippen molar-refractivity contribution in [3.8, 4) is 0 Å². The molecule has 38 heavy (non-hydrogen) atoms. The molecule has 4 radical (unpaired) electrons. The van der Waals surface area contributed by atoms with Crippen LogP contribution in [0.4, 0.5) is 0 Å². The van der Waals surface area contributed by atoms with E-state index >= 15 is 0 Å². The molecule has 0 spiro atoms. The molecule has 0 bridgehead atoms. The molecule has 0 fully saturated rings. The molecule has 0 saturated heterocycles. The fourth-order valence-corrected chi connectivity index (χ4v) is 3.62. The second-order valence-corrected chi connectivity index (χ2v) is 16.9. The maximum absolute atomic E-state index is 3.64. The molecule has 2 aromatic carbocycles. The van der Waals surface area contributed by atoms with Crippen molar-refractivity contribution in [3.05, 3.63) is 69.8 Å². The molecule has 0 amide bonds. The predicted octanol–water partition coefficient (Wildman–Crippen LogP) is 7.38. The van der Waals surface area contributed by atoms with E-state index in [0.29, 0.717) is 0 Å². The molecule has 2 aromatic rings. The number of hydrogen-bond acceptors (Lipinski definition) is 0. The van der Waals surface area contributed by atoms with Gasteiger partial charge in [-0.15, -0.1) is 0 Å². The molecule has 0 aromatic heterocycles. The van der Waals surface area contributed by atoms with Gasteiger partial charge in [-0.1, -0.05) is 149 Å². The number of halogens is 1. The largest absolute Gasteiger partial charge is 1.00 e. The SMILES string of the molecule is CC(C)(C)c1[c]c(C(C)(C)C)cc(C(C)(C)C)c1.CC(C)(C)c1[c]c(C(C)(C)C)cc(C(C)(C)C)c1.[I-].[In+]. The second-order valence-electron chi connectivity index (χ2n) is 16.9. The van der Waals surface area contributed by atoms with E-state index in [0.717, 1.165) is 0 Å². The number of rotatable bonds is 0. The minimum atomic E-state index is 0. The van der Waals surface area contributed by atoms with Crippen LogP contribution in [0, 0.1) is 12.1 Å². The first kappa shape index (κ1) is 40.2. The van der Waals surface area contributed by atoms with Gasteiger partial charge in [-0.05, 0) is 78.0 Å². The molecule has 0 heterocycles. The Morgan fingerprint density at radius 1 is 0.342 bits per heavy atom. The zero-order valence-electron chi connectivity index (χ0n) is 28.3. The number of benzene rings is 2. The number of hydrogen-bond donors (Lipinski definition) is 0. The van der Waals surface area contributed by atoms with E-state index in [1.807, 2.05) is 0 Å². The maximum Gasteiger partial charge on any atom is 1.00 e. The van der Waals surface area contributed by atoms with Crippen LogP contribution in [-0.2, 0) is 32.5 Å². The van der Waals surface area contributed by atoms with Gasteiger partial charge < -0.3 is 24.0 Å². The third-order valence-corrected chi connectivity index (χ3v) is 6.70. The molecule has 0 atom stereocenters. The average molecular weight is 733 g/mol. The van der Waals surface area contributed by atoms with E-state index in [2.05, 4.69) is 161 Å². The summed E-state index contributed by atoms with van der Waals surface area (Å²) in [6, 6.07) is 16.6. The standard InChI is InChI=1S/2C18H29.HI.In/c2*1-16(2,3)13-10-14(17(4,5)6)12-15(11-13)18(7,8)9;;/h2*10-11H,1-9H3;1H;/q;;;+1/p-1. The van der Waals surface area contributed by atoms with Crippen LogP contribution in [0.25, 0.3) is 0 Å². The molecule has 0 aliphatic rings. The van der Waals surface area contributed by atoms with Crippen molar-refractivity contribution < 1.29 is 24.0 Å². The summed E-state index contributed by atoms with van der Waals surface area (Å²) in [4.78, 5) is 0. The third-order valence-electron chi connectivity index (χ3n) is 6.70. The van der Waals surface area contributed by atoms with Crippen molar-refractivity contribution in [2.24, 2.45) is 0 Å². The van der Waals surface area contributed by atoms with Gasteiger partial charge in [0.25, 0.3) is 0 Å². The van der Waals surface area contributed by atoms with Gasteiger partial charge in [-0.25, -0.2) is 0 Å². The van der Waals surface area contributed by atoms with Crippen LogP contribution in [0.15, 0.2) is 24.3 Å².